The van der Waals surface area contributed by atoms with E-state index in [1.165, 1.54) is 11.5 Å². The third-order valence-corrected chi connectivity index (χ3v) is 4.88. The first kappa shape index (κ1) is 15.1. The molecule has 0 saturated carbocycles. The van der Waals surface area contributed by atoms with Crippen LogP contribution in [0.1, 0.15) is 39.5 Å². The Bertz CT molecular complexity index is 298. The summed E-state index contributed by atoms with van der Waals surface area (Å²) in [5.74, 6) is 2.51. The van der Waals surface area contributed by atoms with E-state index in [0.717, 1.165) is 32.3 Å². The van der Waals surface area contributed by atoms with Crippen LogP contribution in [0.25, 0.3) is 0 Å². The maximum absolute atomic E-state index is 11.7. The topological polar surface area (TPSA) is 50.4 Å². The van der Waals surface area contributed by atoms with Crippen LogP contribution in [0, 0.1) is 0 Å². The van der Waals surface area contributed by atoms with Gasteiger partial charge in [-0.1, -0.05) is 0 Å². The molecule has 0 aromatic heterocycles. The highest BCUT2D eigenvalue weighted by molar-refractivity contribution is 7.99. The van der Waals surface area contributed by atoms with E-state index < -0.39 is 0 Å². The number of hydrogen-bond acceptors (Lipinski definition) is 4. The maximum atomic E-state index is 11.7. The molecule has 1 atom stereocenters. The van der Waals surface area contributed by atoms with Crippen LogP contribution in [-0.2, 0) is 9.53 Å². The number of carbonyl (C=O) groups is 1. The number of amides is 1. The van der Waals surface area contributed by atoms with Gasteiger partial charge in [0.2, 0.25) is 5.91 Å². The molecule has 2 rings (SSSR count). The number of thioether (sulfide) groups is 1. The molecule has 1 unspecified atom stereocenters. The molecule has 0 bridgehead atoms. The van der Waals surface area contributed by atoms with Gasteiger partial charge in [-0.05, 0) is 51.0 Å². The molecule has 2 aliphatic rings. The van der Waals surface area contributed by atoms with Gasteiger partial charge in [0.1, 0.15) is 0 Å². The van der Waals surface area contributed by atoms with Gasteiger partial charge in [-0.3, -0.25) is 4.79 Å². The summed E-state index contributed by atoms with van der Waals surface area (Å²) in [6.45, 7) is 5.23. The van der Waals surface area contributed by atoms with Crippen LogP contribution in [0.15, 0.2) is 0 Å². The molecule has 1 spiro atoms. The summed E-state index contributed by atoms with van der Waals surface area (Å²) in [5.41, 5.74) is 0.0929. The van der Waals surface area contributed by atoms with Crippen molar-refractivity contribution in [3.63, 3.8) is 0 Å². The molecule has 0 aliphatic carbocycles. The summed E-state index contributed by atoms with van der Waals surface area (Å²) in [4.78, 5) is 11.7. The predicted molar refractivity (Wildman–Crippen MR) is 79.5 cm³/mol. The second-order valence-corrected chi connectivity index (χ2v) is 7.16. The molecule has 2 heterocycles. The zero-order valence-electron chi connectivity index (χ0n) is 12.0. The van der Waals surface area contributed by atoms with Crippen LogP contribution < -0.4 is 10.6 Å². The standard InChI is InChI=1S/C14H26N2O2S/c1-11(2)16-13(17)10-15-12-3-6-18-14(9-12)4-7-19-8-5-14/h11-12,15H,3-10H2,1-2H3,(H,16,17). The molecular weight excluding hydrogens is 260 g/mol. The molecule has 2 saturated heterocycles. The van der Waals surface area contributed by atoms with Crippen LogP contribution in [0.4, 0.5) is 0 Å². The van der Waals surface area contributed by atoms with E-state index in [2.05, 4.69) is 10.6 Å². The van der Waals surface area contributed by atoms with Gasteiger partial charge in [0, 0.05) is 18.7 Å². The molecule has 0 aromatic rings. The van der Waals surface area contributed by atoms with E-state index in [1.54, 1.807) is 0 Å². The Balaban J connectivity index is 1.76. The van der Waals surface area contributed by atoms with Gasteiger partial charge in [-0.15, -0.1) is 0 Å². The van der Waals surface area contributed by atoms with E-state index in [9.17, 15) is 4.79 Å². The summed E-state index contributed by atoms with van der Waals surface area (Å²) in [6, 6.07) is 0.639. The van der Waals surface area contributed by atoms with Crippen molar-refractivity contribution in [2.75, 3.05) is 24.7 Å². The van der Waals surface area contributed by atoms with Crippen LogP contribution in [-0.4, -0.2) is 48.2 Å². The lowest BCUT2D eigenvalue weighted by molar-refractivity contribution is -0.122. The molecule has 0 radical (unpaired) electrons. The summed E-state index contributed by atoms with van der Waals surface area (Å²) in [7, 11) is 0. The van der Waals surface area contributed by atoms with E-state index >= 15 is 0 Å². The zero-order valence-corrected chi connectivity index (χ0v) is 12.9. The lowest BCUT2D eigenvalue weighted by Gasteiger charge is -2.43. The highest BCUT2D eigenvalue weighted by atomic mass is 32.2. The average Bonchev–Trinajstić information content (AvgIpc) is 2.37. The Labute approximate surface area is 120 Å². The van der Waals surface area contributed by atoms with Crippen molar-refractivity contribution >= 4 is 17.7 Å². The van der Waals surface area contributed by atoms with E-state index in [1.807, 2.05) is 25.6 Å². The fourth-order valence-corrected chi connectivity index (χ4v) is 4.14. The highest BCUT2D eigenvalue weighted by Gasteiger charge is 2.38. The molecule has 2 N–H and O–H groups in total. The van der Waals surface area contributed by atoms with Crippen molar-refractivity contribution in [2.24, 2.45) is 0 Å². The Morgan fingerprint density at radius 2 is 2.16 bits per heavy atom. The first-order chi connectivity index (χ1) is 9.10. The second kappa shape index (κ2) is 6.95. The molecule has 1 amide bonds. The van der Waals surface area contributed by atoms with Crippen molar-refractivity contribution < 1.29 is 9.53 Å². The van der Waals surface area contributed by atoms with Gasteiger partial charge >= 0.3 is 0 Å². The smallest absolute Gasteiger partial charge is 0.234 e. The van der Waals surface area contributed by atoms with Gasteiger partial charge in [0.25, 0.3) is 0 Å². The molecule has 5 heteroatoms. The third-order valence-electron chi connectivity index (χ3n) is 3.90. The van der Waals surface area contributed by atoms with Crippen molar-refractivity contribution in [2.45, 2.75) is 57.2 Å². The van der Waals surface area contributed by atoms with Crippen molar-refractivity contribution in [1.29, 1.82) is 0 Å². The molecule has 110 valence electrons. The number of hydrogen-bond donors (Lipinski definition) is 2. The Morgan fingerprint density at radius 1 is 1.42 bits per heavy atom. The quantitative estimate of drug-likeness (QED) is 0.823. The van der Waals surface area contributed by atoms with E-state index in [0.29, 0.717) is 12.6 Å². The Hall–Kier alpha value is -0.260. The van der Waals surface area contributed by atoms with Crippen LogP contribution >= 0.6 is 11.8 Å². The molecule has 4 nitrogen and oxygen atoms in total. The van der Waals surface area contributed by atoms with Crippen LogP contribution in [0.2, 0.25) is 0 Å². The number of carbonyl (C=O) groups excluding carboxylic acids is 1. The lowest BCUT2D eigenvalue weighted by Crippen LogP contribution is -2.50. The Kier molecular flexibility index (Phi) is 5.54. The van der Waals surface area contributed by atoms with Crippen LogP contribution in [0.5, 0.6) is 0 Å². The number of rotatable bonds is 4. The molecule has 2 fully saturated rings. The van der Waals surface area contributed by atoms with Gasteiger partial charge in [-0.2, -0.15) is 11.8 Å². The predicted octanol–water partition coefficient (Wildman–Crippen LogP) is 1.55. The first-order valence-electron chi connectivity index (χ1n) is 7.34. The van der Waals surface area contributed by atoms with Gasteiger partial charge in [0.05, 0.1) is 12.1 Å². The average molecular weight is 286 g/mol. The van der Waals surface area contributed by atoms with Crippen molar-refractivity contribution in [1.82, 2.24) is 10.6 Å². The fourth-order valence-electron chi connectivity index (χ4n) is 2.90. The summed E-state index contributed by atoms with van der Waals surface area (Å²) in [5, 5.41) is 6.32. The third kappa shape index (κ3) is 4.65. The number of ether oxygens (including phenoxy) is 1. The fraction of sp³-hybridized carbons (Fsp3) is 0.929. The molecule has 0 aromatic carbocycles. The molecule has 2 aliphatic heterocycles. The summed E-state index contributed by atoms with van der Waals surface area (Å²) >= 11 is 2.02. The van der Waals surface area contributed by atoms with E-state index in [-0.39, 0.29) is 17.6 Å². The highest BCUT2D eigenvalue weighted by Crippen LogP contribution is 2.37. The monoisotopic (exact) mass is 286 g/mol. The molecule has 19 heavy (non-hydrogen) atoms. The second-order valence-electron chi connectivity index (χ2n) is 5.94. The number of nitrogens with one attached hydrogen (secondary N) is 2. The van der Waals surface area contributed by atoms with Crippen molar-refractivity contribution in [3.05, 3.63) is 0 Å². The lowest BCUT2D eigenvalue weighted by atomic mass is 9.85. The van der Waals surface area contributed by atoms with Gasteiger partial charge in [0.15, 0.2) is 0 Å². The minimum Gasteiger partial charge on any atom is -0.375 e. The summed E-state index contributed by atoms with van der Waals surface area (Å²) in [6.07, 6.45) is 4.40. The van der Waals surface area contributed by atoms with Crippen molar-refractivity contribution in [3.8, 4) is 0 Å². The maximum Gasteiger partial charge on any atom is 0.234 e. The minimum absolute atomic E-state index is 0.0924. The van der Waals surface area contributed by atoms with Crippen LogP contribution in [0.3, 0.4) is 0 Å². The first-order valence-corrected chi connectivity index (χ1v) is 8.50. The largest absolute Gasteiger partial charge is 0.375 e. The van der Waals surface area contributed by atoms with E-state index in [4.69, 9.17) is 4.74 Å². The van der Waals surface area contributed by atoms with Gasteiger partial charge in [-0.25, -0.2) is 0 Å². The van der Waals surface area contributed by atoms with Gasteiger partial charge < -0.3 is 15.4 Å². The Morgan fingerprint density at radius 3 is 2.84 bits per heavy atom. The zero-order chi connectivity index (χ0) is 13.7. The minimum atomic E-state index is 0.0924. The normalized spacial score (nSPS) is 26.6. The molecular formula is C14H26N2O2S. The SMILES string of the molecule is CC(C)NC(=O)CNC1CCOC2(CCSCC2)C1. The summed E-state index contributed by atoms with van der Waals surface area (Å²) < 4.78 is 6.05.